The van der Waals surface area contributed by atoms with Crippen LogP contribution in [0.15, 0.2) is 48.5 Å². The molecule has 1 aliphatic heterocycles. The minimum Gasteiger partial charge on any atom is -0.497 e. The highest BCUT2D eigenvalue weighted by Crippen LogP contribution is 2.27. The second-order valence-electron chi connectivity index (χ2n) is 6.94. The largest absolute Gasteiger partial charge is 0.497 e. The van der Waals surface area contributed by atoms with Crippen molar-refractivity contribution in [1.82, 2.24) is 5.32 Å². The summed E-state index contributed by atoms with van der Waals surface area (Å²) in [5.74, 6) is 1.85. The lowest BCUT2D eigenvalue weighted by Crippen LogP contribution is -3.15. The van der Waals surface area contributed by atoms with Crippen LogP contribution in [0.5, 0.6) is 11.5 Å². The Bertz CT molecular complexity index is 756. The summed E-state index contributed by atoms with van der Waals surface area (Å²) in [5, 5.41) is 3.02. The van der Waals surface area contributed by atoms with E-state index in [-0.39, 0.29) is 5.91 Å². The fourth-order valence-corrected chi connectivity index (χ4v) is 3.47. The maximum absolute atomic E-state index is 12.3. The number of hydrogen-bond acceptors (Lipinski definition) is 4. The first kappa shape index (κ1) is 20.0. The number of amides is 1. The van der Waals surface area contributed by atoms with Crippen molar-refractivity contribution < 1.29 is 19.2 Å². The predicted molar refractivity (Wildman–Crippen MR) is 110 cm³/mol. The zero-order chi connectivity index (χ0) is 19.8. The zero-order valence-electron chi connectivity index (χ0n) is 16.7. The Kier molecular flexibility index (Phi) is 7.14. The standard InChI is InChI=1S/C22H29N3O3/c1-3-28-21-7-5-4-6-20(21)25-14-12-24(13-15-25)17-22(26)23-16-18-8-10-19(27-2)11-9-18/h4-11H,3,12-17H2,1-2H3,(H,23,26)/p+1. The Morgan fingerprint density at radius 1 is 1.11 bits per heavy atom. The highest BCUT2D eigenvalue weighted by atomic mass is 16.5. The summed E-state index contributed by atoms with van der Waals surface area (Å²) in [6, 6.07) is 15.9. The molecule has 0 spiro atoms. The summed E-state index contributed by atoms with van der Waals surface area (Å²) < 4.78 is 10.9. The van der Waals surface area contributed by atoms with Crippen molar-refractivity contribution >= 4 is 11.6 Å². The van der Waals surface area contributed by atoms with E-state index < -0.39 is 0 Å². The van der Waals surface area contributed by atoms with Crippen molar-refractivity contribution in [2.45, 2.75) is 13.5 Å². The molecule has 1 amide bonds. The van der Waals surface area contributed by atoms with Gasteiger partial charge in [-0.2, -0.15) is 0 Å². The molecule has 0 aliphatic carbocycles. The van der Waals surface area contributed by atoms with E-state index in [2.05, 4.69) is 16.3 Å². The number of nitrogens with zero attached hydrogens (tertiary/aromatic N) is 1. The molecule has 0 saturated carbocycles. The smallest absolute Gasteiger partial charge is 0.275 e. The maximum atomic E-state index is 12.3. The monoisotopic (exact) mass is 384 g/mol. The summed E-state index contributed by atoms with van der Waals surface area (Å²) in [6.07, 6.45) is 0. The van der Waals surface area contributed by atoms with Gasteiger partial charge in [-0.3, -0.25) is 4.79 Å². The molecule has 1 aliphatic rings. The van der Waals surface area contributed by atoms with Crippen LogP contribution >= 0.6 is 0 Å². The van der Waals surface area contributed by atoms with Crippen molar-refractivity contribution in [1.29, 1.82) is 0 Å². The van der Waals surface area contributed by atoms with Gasteiger partial charge in [0.25, 0.3) is 5.91 Å². The fraction of sp³-hybridized carbons (Fsp3) is 0.409. The van der Waals surface area contributed by atoms with Crippen molar-refractivity contribution in [3.63, 3.8) is 0 Å². The first-order valence-corrected chi connectivity index (χ1v) is 9.89. The van der Waals surface area contributed by atoms with E-state index in [0.717, 1.165) is 48.9 Å². The van der Waals surface area contributed by atoms with Crippen LogP contribution in [-0.2, 0) is 11.3 Å². The van der Waals surface area contributed by atoms with E-state index in [1.807, 2.05) is 49.4 Å². The molecule has 150 valence electrons. The molecule has 2 aromatic rings. The van der Waals surface area contributed by atoms with Crippen LogP contribution in [0.25, 0.3) is 0 Å². The van der Waals surface area contributed by atoms with Gasteiger partial charge >= 0.3 is 0 Å². The molecule has 6 heteroatoms. The topological polar surface area (TPSA) is 55.2 Å². The van der Waals surface area contributed by atoms with Crippen molar-refractivity contribution in [3.05, 3.63) is 54.1 Å². The number of carbonyl (C=O) groups is 1. The summed E-state index contributed by atoms with van der Waals surface area (Å²) in [6.45, 7) is 7.45. The number of anilines is 1. The van der Waals surface area contributed by atoms with Crippen LogP contribution in [0.3, 0.4) is 0 Å². The number of para-hydroxylation sites is 2. The van der Waals surface area contributed by atoms with Crippen LogP contribution in [0, 0.1) is 0 Å². The Hall–Kier alpha value is -2.73. The van der Waals surface area contributed by atoms with E-state index in [9.17, 15) is 4.79 Å². The number of hydrogen-bond donors (Lipinski definition) is 2. The molecule has 3 rings (SSSR count). The van der Waals surface area contributed by atoms with E-state index >= 15 is 0 Å². The van der Waals surface area contributed by atoms with Gasteiger partial charge < -0.3 is 24.6 Å². The molecule has 1 saturated heterocycles. The molecule has 0 aromatic heterocycles. The van der Waals surface area contributed by atoms with Gasteiger partial charge in [-0.15, -0.1) is 0 Å². The quantitative estimate of drug-likeness (QED) is 0.716. The number of methoxy groups -OCH3 is 1. The third kappa shape index (κ3) is 5.39. The third-order valence-electron chi connectivity index (χ3n) is 5.04. The van der Waals surface area contributed by atoms with E-state index in [4.69, 9.17) is 9.47 Å². The summed E-state index contributed by atoms with van der Waals surface area (Å²) >= 11 is 0. The normalized spacial score (nSPS) is 14.6. The van der Waals surface area contributed by atoms with Crippen LogP contribution in [0.1, 0.15) is 12.5 Å². The second-order valence-corrected chi connectivity index (χ2v) is 6.94. The van der Waals surface area contributed by atoms with Gasteiger partial charge in [0.05, 0.1) is 45.6 Å². The van der Waals surface area contributed by atoms with Gasteiger partial charge in [-0.1, -0.05) is 24.3 Å². The highest BCUT2D eigenvalue weighted by Gasteiger charge is 2.23. The Labute approximate surface area is 167 Å². The van der Waals surface area contributed by atoms with Gasteiger partial charge in [0, 0.05) is 6.54 Å². The van der Waals surface area contributed by atoms with Crippen LogP contribution in [0.4, 0.5) is 5.69 Å². The lowest BCUT2D eigenvalue weighted by molar-refractivity contribution is -0.892. The van der Waals surface area contributed by atoms with Crippen molar-refractivity contribution in [2.24, 2.45) is 0 Å². The van der Waals surface area contributed by atoms with Crippen LogP contribution < -0.4 is 24.6 Å². The average Bonchev–Trinajstić information content (AvgIpc) is 2.74. The Morgan fingerprint density at radius 3 is 2.50 bits per heavy atom. The minimum atomic E-state index is 0.0917. The lowest BCUT2D eigenvalue weighted by Gasteiger charge is -2.34. The molecular weight excluding hydrogens is 354 g/mol. The first-order valence-electron chi connectivity index (χ1n) is 9.89. The molecule has 1 heterocycles. The number of benzene rings is 2. The number of nitrogens with one attached hydrogen (secondary N) is 2. The Morgan fingerprint density at radius 2 is 1.82 bits per heavy atom. The molecule has 1 fully saturated rings. The molecule has 2 aromatic carbocycles. The maximum Gasteiger partial charge on any atom is 0.275 e. The number of carbonyl (C=O) groups excluding carboxylic acids is 1. The molecule has 0 bridgehead atoms. The SMILES string of the molecule is CCOc1ccccc1N1CC[NH+](CC(=O)NCc2ccc(OC)cc2)CC1. The van der Waals surface area contributed by atoms with Gasteiger partial charge in [0.1, 0.15) is 11.5 Å². The van der Waals surface area contributed by atoms with E-state index in [1.54, 1.807) is 7.11 Å². The number of rotatable bonds is 8. The van der Waals surface area contributed by atoms with Crippen LogP contribution in [0.2, 0.25) is 0 Å². The molecule has 0 unspecified atom stereocenters. The molecule has 28 heavy (non-hydrogen) atoms. The average molecular weight is 385 g/mol. The van der Waals surface area contributed by atoms with Gasteiger partial charge in [0.2, 0.25) is 0 Å². The fourth-order valence-electron chi connectivity index (χ4n) is 3.47. The van der Waals surface area contributed by atoms with Crippen molar-refractivity contribution in [2.75, 3.05) is 51.3 Å². The molecule has 2 N–H and O–H groups in total. The molecule has 0 atom stereocenters. The van der Waals surface area contributed by atoms with Crippen molar-refractivity contribution in [3.8, 4) is 11.5 Å². The minimum absolute atomic E-state index is 0.0917. The molecule has 6 nitrogen and oxygen atoms in total. The van der Waals surface area contributed by atoms with Gasteiger partial charge in [-0.25, -0.2) is 0 Å². The predicted octanol–water partition coefficient (Wildman–Crippen LogP) is 1.12. The number of ether oxygens (including phenoxy) is 2. The Balaban J connectivity index is 1.44. The van der Waals surface area contributed by atoms with Gasteiger partial charge in [0.15, 0.2) is 6.54 Å². The number of quaternary nitrogens is 1. The lowest BCUT2D eigenvalue weighted by atomic mass is 10.2. The third-order valence-corrected chi connectivity index (χ3v) is 5.04. The molecular formula is C22H30N3O3+. The van der Waals surface area contributed by atoms with E-state index in [0.29, 0.717) is 19.7 Å². The zero-order valence-corrected chi connectivity index (χ0v) is 16.7. The summed E-state index contributed by atoms with van der Waals surface area (Å²) in [5.41, 5.74) is 2.22. The first-order chi connectivity index (χ1) is 13.7. The summed E-state index contributed by atoms with van der Waals surface area (Å²) in [4.78, 5) is 16.0. The van der Waals surface area contributed by atoms with Crippen LogP contribution in [-0.4, -0.2) is 52.3 Å². The van der Waals surface area contributed by atoms with E-state index in [1.165, 1.54) is 4.90 Å². The number of piperazine rings is 1. The summed E-state index contributed by atoms with van der Waals surface area (Å²) in [7, 11) is 1.65. The highest BCUT2D eigenvalue weighted by molar-refractivity contribution is 5.76. The second kappa shape index (κ2) is 9.99. The molecule has 0 radical (unpaired) electrons. The van der Waals surface area contributed by atoms with Gasteiger partial charge in [-0.05, 0) is 36.8 Å².